The van der Waals surface area contributed by atoms with Gasteiger partial charge in [0.05, 0.1) is 19.3 Å². The number of thioether (sulfide) groups is 1. The third-order valence-corrected chi connectivity index (χ3v) is 6.12. The Labute approximate surface area is 131 Å². The minimum Gasteiger partial charge on any atom is -0.389 e. The van der Waals surface area contributed by atoms with Crippen LogP contribution < -0.4 is 5.32 Å². The number of aliphatic hydroxyl groups excluding tert-OH is 1. The van der Waals surface area contributed by atoms with Crippen molar-refractivity contribution in [3.8, 4) is 0 Å². The average molecular weight is 318 g/mol. The van der Waals surface area contributed by atoms with Crippen molar-refractivity contribution >= 4 is 23.1 Å². The van der Waals surface area contributed by atoms with E-state index in [4.69, 9.17) is 4.74 Å². The van der Waals surface area contributed by atoms with Crippen molar-refractivity contribution in [1.82, 2.24) is 5.32 Å². The van der Waals surface area contributed by atoms with Crippen LogP contribution in [0.4, 0.5) is 0 Å². The first-order valence-electron chi connectivity index (χ1n) is 7.20. The van der Waals surface area contributed by atoms with Gasteiger partial charge in [-0.25, -0.2) is 0 Å². The molecule has 1 unspecified atom stereocenters. The van der Waals surface area contributed by atoms with Crippen molar-refractivity contribution < 1.29 is 9.84 Å². The van der Waals surface area contributed by atoms with Gasteiger partial charge in [-0.05, 0) is 30.5 Å². The second-order valence-electron chi connectivity index (χ2n) is 4.97. The molecule has 0 bridgehead atoms. The topological polar surface area (TPSA) is 41.5 Å². The van der Waals surface area contributed by atoms with E-state index in [-0.39, 0.29) is 4.75 Å². The Hall–Kier alpha value is -0.0700. The predicted molar refractivity (Wildman–Crippen MR) is 89.7 cm³/mol. The number of thiophene rings is 1. The molecule has 0 saturated heterocycles. The van der Waals surface area contributed by atoms with Crippen molar-refractivity contribution in [2.75, 3.05) is 26.0 Å². The number of nitrogens with one attached hydrogen (secondary N) is 1. The zero-order valence-corrected chi connectivity index (χ0v) is 14.4. The van der Waals surface area contributed by atoms with Crippen LogP contribution in [0.5, 0.6) is 0 Å². The summed E-state index contributed by atoms with van der Waals surface area (Å²) in [6.07, 6.45) is 4.00. The van der Waals surface area contributed by atoms with Gasteiger partial charge in [0.2, 0.25) is 0 Å². The van der Waals surface area contributed by atoms with E-state index in [9.17, 15) is 5.11 Å². The lowest BCUT2D eigenvalue weighted by Crippen LogP contribution is -2.40. The van der Waals surface area contributed by atoms with E-state index in [1.54, 1.807) is 11.3 Å². The fourth-order valence-electron chi connectivity index (χ4n) is 2.08. The summed E-state index contributed by atoms with van der Waals surface area (Å²) < 4.78 is 5.81. The van der Waals surface area contributed by atoms with Crippen LogP contribution in [-0.4, -0.2) is 41.9 Å². The summed E-state index contributed by atoms with van der Waals surface area (Å²) in [6.45, 7) is 6.95. The van der Waals surface area contributed by atoms with E-state index in [1.807, 2.05) is 29.3 Å². The van der Waals surface area contributed by atoms with Crippen LogP contribution in [0.2, 0.25) is 0 Å². The monoisotopic (exact) mass is 317 g/mol. The van der Waals surface area contributed by atoms with Crippen molar-refractivity contribution in [1.29, 1.82) is 0 Å². The number of aliphatic hydroxyl groups is 1. The molecular weight excluding hydrogens is 290 g/mol. The largest absolute Gasteiger partial charge is 0.389 e. The first-order chi connectivity index (χ1) is 9.65. The first-order valence-corrected chi connectivity index (χ1v) is 9.30. The fourth-order valence-corrected chi connectivity index (χ4v) is 3.54. The van der Waals surface area contributed by atoms with Gasteiger partial charge in [0.15, 0.2) is 0 Å². The molecule has 116 valence electrons. The summed E-state index contributed by atoms with van der Waals surface area (Å²) in [6, 6.07) is 4.06. The Morgan fingerprint density at radius 1 is 1.45 bits per heavy atom. The Kier molecular flexibility index (Phi) is 8.80. The second kappa shape index (κ2) is 9.79. The molecule has 0 aliphatic rings. The maximum absolute atomic E-state index is 9.90. The van der Waals surface area contributed by atoms with Crippen LogP contribution in [0.1, 0.15) is 31.6 Å². The smallest absolute Gasteiger partial charge is 0.0897 e. The van der Waals surface area contributed by atoms with Gasteiger partial charge in [-0.15, -0.1) is 11.3 Å². The van der Waals surface area contributed by atoms with Crippen LogP contribution >= 0.6 is 23.1 Å². The first kappa shape index (κ1) is 18.0. The maximum atomic E-state index is 9.90. The highest BCUT2D eigenvalue weighted by molar-refractivity contribution is 8.00. The van der Waals surface area contributed by atoms with E-state index in [1.165, 1.54) is 4.88 Å². The zero-order chi connectivity index (χ0) is 14.8. The van der Waals surface area contributed by atoms with E-state index in [2.05, 4.69) is 25.4 Å². The number of rotatable bonds is 11. The van der Waals surface area contributed by atoms with E-state index in [0.717, 1.165) is 19.4 Å². The molecule has 1 aromatic rings. The molecule has 0 aliphatic carbocycles. The normalized spacial score (nSPS) is 13.6. The minimum absolute atomic E-state index is 0.289. The van der Waals surface area contributed by atoms with E-state index >= 15 is 0 Å². The van der Waals surface area contributed by atoms with Gasteiger partial charge in [-0.3, -0.25) is 0 Å². The Bertz CT molecular complexity index is 331. The minimum atomic E-state index is -0.441. The molecule has 0 aliphatic heterocycles. The number of ether oxygens (including phenoxy) is 1. The highest BCUT2D eigenvalue weighted by atomic mass is 32.2. The van der Waals surface area contributed by atoms with Crippen LogP contribution in [0.15, 0.2) is 17.5 Å². The SMILES string of the molecule is CCC(CC)(CNCC(O)COCc1cccs1)SC. The summed E-state index contributed by atoms with van der Waals surface area (Å²) in [5.41, 5.74) is 0. The lowest BCUT2D eigenvalue weighted by Gasteiger charge is -2.30. The van der Waals surface area contributed by atoms with Gasteiger partial charge in [0, 0.05) is 22.7 Å². The van der Waals surface area contributed by atoms with Crippen LogP contribution in [0.3, 0.4) is 0 Å². The highest BCUT2D eigenvalue weighted by Gasteiger charge is 2.24. The molecule has 0 aromatic carbocycles. The van der Waals surface area contributed by atoms with Crippen molar-refractivity contribution in [2.45, 2.75) is 44.1 Å². The molecule has 0 fully saturated rings. The standard InChI is InChI=1S/C15H27NO2S2/c1-4-15(5-2,19-3)12-16-9-13(17)10-18-11-14-7-6-8-20-14/h6-8,13,16-17H,4-5,9-12H2,1-3H3. The van der Waals surface area contributed by atoms with Crippen LogP contribution in [0.25, 0.3) is 0 Å². The molecular formula is C15H27NO2S2. The molecule has 0 amide bonds. The second-order valence-corrected chi connectivity index (χ2v) is 7.28. The summed E-state index contributed by atoms with van der Waals surface area (Å²) in [5.74, 6) is 0. The molecule has 1 heterocycles. The third kappa shape index (κ3) is 6.14. The molecule has 0 radical (unpaired) electrons. The molecule has 5 heteroatoms. The Morgan fingerprint density at radius 2 is 2.20 bits per heavy atom. The third-order valence-electron chi connectivity index (χ3n) is 3.68. The average Bonchev–Trinajstić information content (AvgIpc) is 2.97. The van der Waals surface area contributed by atoms with Gasteiger partial charge >= 0.3 is 0 Å². The van der Waals surface area contributed by atoms with Crippen LogP contribution in [0, 0.1) is 0 Å². The lowest BCUT2D eigenvalue weighted by molar-refractivity contribution is 0.0296. The molecule has 1 rings (SSSR count). The molecule has 2 N–H and O–H groups in total. The van der Waals surface area contributed by atoms with Gasteiger partial charge in [0.1, 0.15) is 0 Å². The van der Waals surface area contributed by atoms with Crippen molar-refractivity contribution in [3.63, 3.8) is 0 Å². The summed E-state index contributed by atoms with van der Waals surface area (Å²) in [5, 5.41) is 15.3. The molecule has 3 nitrogen and oxygen atoms in total. The summed E-state index contributed by atoms with van der Waals surface area (Å²) >= 11 is 3.59. The Morgan fingerprint density at radius 3 is 2.75 bits per heavy atom. The number of hydrogen-bond acceptors (Lipinski definition) is 5. The fraction of sp³-hybridized carbons (Fsp3) is 0.733. The lowest BCUT2D eigenvalue weighted by atomic mass is 10.0. The van der Waals surface area contributed by atoms with Gasteiger partial charge in [-0.2, -0.15) is 11.8 Å². The van der Waals surface area contributed by atoms with Crippen molar-refractivity contribution in [3.05, 3.63) is 22.4 Å². The molecule has 1 atom stereocenters. The maximum Gasteiger partial charge on any atom is 0.0897 e. The van der Waals surface area contributed by atoms with Gasteiger partial charge < -0.3 is 15.2 Å². The van der Waals surface area contributed by atoms with Gasteiger partial charge in [0.25, 0.3) is 0 Å². The molecule has 0 saturated carbocycles. The molecule has 1 aromatic heterocycles. The van der Waals surface area contributed by atoms with Gasteiger partial charge in [-0.1, -0.05) is 19.9 Å². The van der Waals surface area contributed by atoms with Crippen LogP contribution in [-0.2, 0) is 11.3 Å². The zero-order valence-electron chi connectivity index (χ0n) is 12.7. The highest BCUT2D eigenvalue weighted by Crippen LogP contribution is 2.29. The molecule has 20 heavy (non-hydrogen) atoms. The quantitative estimate of drug-likeness (QED) is 0.658. The summed E-state index contributed by atoms with van der Waals surface area (Å²) in [4.78, 5) is 1.20. The van der Waals surface area contributed by atoms with E-state index in [0.29, 0.717) is 19.8 Å². The van der Waals surface area contributed by atoms with Crippen molar-refractivity contribution in [2.24, 2.45) is 0 Å². The molecule has 0 spiro atoms. The Balaban J connectivity index is 2.14. The van der Waals surface area contributed by atoms with E-state index < -0.39 is 6.10 Å². The summed E-state index contributed by atoms with van der Waals surface area (Å²) in [7, 11) is 0. The predicted octanol–water partition coefficient (Wildman–Crippen LogP) is 3.14. The number of hydrogen-bond donors (Lipinski definition) is 2.